The lowest BCUT2D eigenvalue weighted by atomic mass is 10.2. The van der Waals surface area contributed by atoms with Crippen molar-refractivity contribution in [1.29, 1.82) is 0 Å². The highest BCUT2D eigenvalue weighted by Crippen LogP contribution is 2.20. The molecular weight excluding hydrogens is 155 g/mol. The topological polar surface area (TPSA) is 20.2 Å². The molecule has 10 heavy (non-hydrogen) atoms. The summed E-state index contributed by atoms with van der Waals surface area (Å²) in [6, 6.07) is 4.10. The van der Waals surface area contributed by atoms with Gasteiger partial charge >= 0.3 is 0 Å². The number of phenolic OH excluding ortho intramolecular Hbond substituents is 1. The number of hydrogen-bond acceptors (Lipinski definition) is 1. The largest absolute Gasteiger partial charge is 0.508 e. The van der Waals surface area contributed by atoms with E-state index in [2.05, 4.69) is 0 Å². The minimum absolute atomic E-state index is 0.00148. The fourth-order valence-corrected chi connectivity index (χ4v) is 0.944. The summed E-state index contributed by atoms with van der Waals surface area (Å²) in [6.07, 6.45) is 0. The first-order chi connectivity index (χ1) is 4.75. The van der Waals surface area contributed by atoms with Crippen molar-refractivity contribution in [3.05, 3.63) is 29.6 Å². The Hall–Kier alpha value is -0.760. The SMILES string of the molecule is Oc1cccc(F)c1CCl. The van der Waals surface area contributed by atoms with Crippen molar-refractivity contribution in [3.8, 4) is 5.75 Å². The maximum atomic E-state index is 12.6. The van der Waals surface area contributed by atoms with Crippen molar-refractivity contribution in [2.24, 2.45) is 0 Å². The van der Waals surface area contributed by atoms with Crippen LogP contribution >= 0.6 is 11.6 Å². The fourth-order valence-electron chi connectivity index (χ4n) is 0.680. The average Bonchev–Trinajstić information content (AvgIpc) is 1.88. The summed E-state index contributed by atoms with van der Waals surface area (Å²) in [4.78, 5) is 0. The van der Waals surface area contributed by atoms with Crippen molar-refractivity contribution >= 4 is 11.6 Å². The second-order valence-electron chi connectivity index (χ2n) is 1.87. The van der Waals surface area contributed by atoms with Gasteiger partial charge in [-0.3, -0.25) is 0 Å². The molecule has 0 aromatic heterocycles. The van der Waals surface area contributed by atoms with E-state index in [9.17, 15) is 4.39 Å². The van der Waals surface area contributed by atoms with Crippen molar-refractivity contribution < 1.29 is 9.50 Å². The molecule has 54 valence electrons. The molecule has 0 heterocycles. The van der Waals surface area contributed by atoms with Crippen LogP contribution in [0.1, 0.15) is 5.56 Å². The van der Waals surface area contributed by atoms with Crippen LogP contribution in [0.2, 0.25) is 0 Å². The van der Waals surface area contributed by atoms with Gasteiger partial charge in [0.2, 0.25) is 0 Å². The Morgan fingerprint density at radius 3 is 2.60 bits per heavy atom. The maximum Gasteiger partial charge on any atom is 0.131 e. The van der Waals surface area contributed by atoms with Gasteiger partial charge in [0, 0.05) is 5.56 Å². The summed E-state index contributed by atoms with van der Waals surface area (Å²) in [5, 5.41) is 8.97. The van der Waals surface area contributed by atoms with E-state index >= 15 is 0 Å². The molecule has 1 N–H and O–H groups in total. The predicted octanol–water partition coefficient (Wildman–Crippen LogP) is 2.27. The Morgan fingerprint density at radius 2 is 2.20 bits per heavy atom. The first kappa shape index (κ1) is 7.35. The molecule has 3 heteroatoms. The highest BCUT2D eigenvalue weighted by molar-refractivity contribution is 6.17. The third-order valence-corrected chi connectivity index (χ3v) is 1.50. The van der Waals surface area contributed by atoms with Crippen LogP contribution in [0.5, 0.6) is 5.75 Å². The quantitative estimate of drug-likeness (QED) is 0.625. The van der Waals surface area contributed by atoms with E-state index in [1.165, 1.54) is 18.2 Å². The van der Waals surface area contributed by atoms with Crippen LogP contribution in [-0.2, 0) is 5.88 Å². The summed E-state index contributed by atoms with van der Waals surface area (Å²) < 4.78 is 12.6. The Balaban J connectivity index is 3.17. The van der Waals surface area contributed by atoms with Crippen LogP contribution in [0.3, 0.4) is 0 Å². The molecule has 0 fully saturated rings. The normalized spacial score (nSPS) is 9.80. The van der Waals surface area contributed by atoms with Crippen LogP contribution in [0.4, 0.5) is 4.39 Å². The Kier molecular flexibility index (Phi) is 2.12. The minimum atomic E-state index is -0.463. The van der Waals surface area contributed by atoms with Crippen LogP contribution < -0.4 is 0 Å². The van der Waals surface area contributed by atoms with Gasteiger partial charge in [0.1, 0.15) is 11.6 Å². The van der Waals surface area contributed by atoms with Gasteiger partial charge < -0.3 is 5.11 Å². The van der Waals surface area contributed by atoms with Crippen molar-refractivity contribution in [3.63, 3.8) is 0 Å². The summed E-state index contributed by atoms with van der Waals surface area (Å²) in [5.41, 5.74) is 0.157. The standard InChI is InChI=1S/C7H6ClFO/c8-4-5-6(9)2-1-3-7(5)10/h1-3,10H,4H2. The average molecular weight is 161 g/mol. The Labute approximate surface area is 63.1 Å². The van der Waals surface area contributed by atoms with Crippen LogP contribution in [-0.4, -0.2) is 5.11 Å². The van der Waals surface area contributed by atoms with E-state index in [1.54, 1.807) is 0 Å². The first-order valence-electron chi connectivity index (χ1n) is 2.78. The lowest BCUT2D eigenvalue weighted by Crippen LogP contribution is -1.84. The molecule has 0 unspecified atom stereocenters. The lowest BCUT2D eigenvalue weighted by molar-refractivity contribution is 0.462. The van der Waals surface area contributed by atoms with E-state index in [0.717, 1.165) is 0 Å². The van der Waals surface area contributed by atoms with E-state index < -0.39 is 5.82 Å². The van der Waals surface area contributed by atoms with Crippen molar-refractivity contribution in [2.75, 3.05) is 0 Å². The number of phenols is 1. The number of hydrogen-bond donors (Lipinski definition) is 1. The molecular formula is C7H6ClFO. The summed E-state index contributed by atoms with van der Waals surface area (Å²) in [5.74, 6) is -0.552. The van der Waals surface area contributed by atoms with Gasteiger partial charge in [-0.05, 0) is 12.1 Å². The molecule has 0 saturated carbocycles. The maximum absolute atomic E-state index is 12.6. The molecule has 0 saturated heterocycles. The van der Waals surface area contributed by atoms with Crippen molar-refractivity contribution in [2.45, 2.75) is 5.88 Å². The van der Waals surface area contributed by atoms with Crippen LogP contribution in [0.15, 0.2) is 18.2 Å². The molecule has 0 amide bonds. The molecule has 1 rings (SSSR count). The van der Waals surface area contributed by atoms with E-state index in [1.807, 2.05) is 0 Å². The minimum Gasteiger partial charge on any atom is -0.508 e. The van der Waals surface area contributed by atoms with E-state index in [0.29, 0.717) is 0 Å². The molecule has 0 atom stereocenters. The molecule has 0 aliphatic heterocycles. The highest BCUT2D eigenvalue weighted by atomic mass is 35.5. The number of aromatic hydroxyl groups is 1. The predicted molar refractivity (Wildman–Crippen MR) is 37.6 cm³/mol. The van der Waals surface area contributed by atoms with Gasteiger partial charge in [-0.2, -0.15) is 0 Å². The van der Waals surface area contributed by atoms with E-state index in [-0.39, 0.29) is 17.2 Å². The zero-order valence-electron chi connectivity index (χ0n) is 5.14. The molecule has 0 aliphatic carbocycles. The highest BCUT2D eigenvalue weighted by Gasteiger charge is 2.03. The molecule has 1 aromatic rings. The van der Waals surface area contributed by atoms with Gasteiger partial charge in [0.05, 0.1) is 5.88 Å². The molecule has 0 bridgehead atoms. The van der Waals surface area contributed by atoms with Gasteiger partial charge in [0.25, 0.3) is 0 Å². The molecule has 0 aliphatic rings. The molecule has 0 radical (unpaired) electrons. The van der Waals surface area contributed by atoms with Crippen LogP contribution in [0, 0.1) is 5.82 Å². The molecule has 0 spiro atoms. The monoisotopic (exact) mass is 160 g/mol. The number of alkyl halides is 1. The summed E-state index contributed by atoms with van der Waals surface area (Å²) in [7, 11) is 0. The smallest absolute Gasteiger partial charge is 0.131 e. The Morgan fingerprint density at radius 1 is 1.50 bits per heavy atom. The number of halogens is 2. The van der Waals surface area contributed by atoms with Gasteiger partial charge in [-0.1, -0.05) is 6.07 Å². The van der Waals surface area contributed by atoms with E-state index in [4.69, 9.17) is 16.7 Å². The van der Waals surface area contributed by atoms with Gasteiger partial charge in [-0.25, -0.2) is 4.39 Å². The third kappa shape index (κ3) is 1.21. The summed E-state index contributed by atoms with van der Waals surface area (Å²) >= 11 is 5.34. The van der Waals surface area contributed by atoms with Crippen molar-refractivity contribution in [1.82, 2.24) is 0 Å². The molecule has 1 nitrogen and oxygen atoms in total. The Bertz CT molecular complexity index is 217. The van der Waals surface area contributed by atoms with Crippen LogP contribution in [0.25, 0.3) is 0 Å². The molecule has 1 aromatic carbocycles. The zero-order valence-corrected chi connectivity index (χ0v) is 5.90. The lowest BCUT2D eigenvalue weighted by Gasteiger charge is -1.99. The number of benzene rings is 1. The number of rotatable bonds is 1. The van der Waals surface area contributed by atoms with Gasteiger partial charge in [0.15, 0.2) is 0 Å². The zero-order chi connectivity index (χ0) is 7.56. The fraction of sp³-hybridized carbons (Fsp3) is 0.143. The van der Waals surface area contributed by atoms with Gasteiger partial charge in [-0.15, -0.1) is 11.6 Å². The second-order valence-corrected chi connectivity index (χ2v) is 2.14. The summed E-state index contributed by atoms with van der Waals surface area (Å²) in [6.45, 7) is 0. The first-order valence-corrected chi connectivity index (χ1v) is 3.31. The third-order valence-electron chi connectivity index (χ3n) is 1.23. The second kappa shape index (κ2) is 2.88.